The van der Waals surface area contributed by atoms with E-state index in [9.17, 15) is 18.8 Å². The molecule has 0 radical (unpaired) electrons. The largest absolute Gasteiger partial charge is 0.479 e. The van der Waals surface area contributed by atoms with Crippen LogP contribution in [-0.4, -0.2) is 45.2 Å². The summed E-state index contributed by atoms with van der Waals surface area (Å²) in [5.74, 6) is -2.10. The Balaban J connectivity index is 2.05. The van der Waals surface area contributed by atoms with Gasteiger partial charge < -0.3 is 14.6 Å². The minimum absolute atomic E-state index is 0.00513. The summed E-state index contributed by atoms with van der Waals surface area (Å²) in [6, 6.07) is 8.13. The van der Waals surface area contributed by atoms with E-state index in [4.69, 9.17) is 5.11 Å². The lowest BCUT2D eigenvalue weighted by Crippen LogP contribution is -2.39. The molecule has 1 N–H and O–H groups in total. The van der Waals surface area contributed by atoms with Crippen LogP contribution in [0.5, 0.6) is 0 Å². The van der Waals surface area contributed by atoms with Crippen LogP contribution in [0, 0.1) is 0 Å². The number of rotatable bonds is 2. The normalized spacial score (nSPS) is 20.9. The fourth-order valence-corrected chi connectivity index (χ4v) is 2.88. The highest BCUT2D eigenvalue weighted by atomic mass is 19.1. The summed E-state index contributed by atoms with van der Waals surface area (Å²) in [7, 11) is 1.60. The van der Waals surface area contributed by atoms with Gasteiger partial charge in [0, 0.05) is 31.5 Å². The van der Waals surface area contributed by atoms with Gasteiger partial charge in [-0.1, -0.05) is 18.2 Å². The standard InChI is InChI=1S/C16H15FN2O4/c1-18-12-5-3-2-4-10(12)11(8-13(18)20)14(21)19-7-6-16(17,9-19)15(22)23/h2-5,8H,6-7,9H2,1H3,(H,22,23). The van der Waals surface area contributed by atoms with Crippen molar-refractivity contribution in [2.24, 2.45) is 7.05 Å². The first-order valence-electron chi connectivity index (χ1n) is 7.14. The number of carbonyl (C=O) groups is 2. The van der Waals surface area contributed by atoms with Crippen molar-refractivity contribution in [2.75, 3.05) is 13.1 Å². The minimum atomic E-state index is -2.43. The lowest BCUT2D eigenvalue weighted by molar-refractivity contribution is -0.149. The van der Waals surface area contributed by atoms with Crippen LogP contribution in [0.2, 0.25) is 0 Å². The number of carboxylic acid groups (broad SMARTS) is 1. The summed E-state index contributed by atoms with van der Waals surface area (Å²) >= 11 is 0. The minimum Gasteiger partial charge on any atom is -0.479 e. The number of nitrogens with zero attached hydrogens (tertiary/aromatic N) is 2. The summed E-state index contributed by atoms with van der Waals surface area (Å²) in [4.78, 5) is 36.8. The van der Waals surface area contributed by atoms with Gasteiger partial charge >= 0.3 is 5.97 Å². The van der Waals surface area contributed by atoms with Crippen molar-refractivity contribution in [3.8, 4) is 0 Å². The first kappa shape index (κ1) is 15.2. The van der Waals surface area contributed by atoms with Crippen LogP contribution in [0.1, 0.15) is 16.8 Å². The molecule has 1 atom stereocenters. The van der Waals surface area contributed by atoms with E-state index in [0.717, 1.165) is 4.90 Å². The van der Waals surface area contributed by atoms with Crippen LogP contribution in [0.3, 0.4) is 0 Å². The topological polar surface area (TPSA) is 79.6 Å². The Kier molecular flexibility index (Phi) is 3.43. The number of amides is 1. The number of para-hydroxylation sites is 1. The molecule has 1 aliphatic heterocycles. The monoisotopic (exact) mass is 318 g/mol. The Morgan fingerprint density at radius 2 is 2.00 bits per heavy atom. The molecular formula is C16H15FN2O4. The first-order valence-corrected chi connectivity index (χ1v) is 7.14. The average molecular weight is 318 g/mol. The lowest BCUT2D eigenvalue weighted by atomic mass is 10.1. The zero-order valence-corrected chi connectivity index (χ0v) is 12.5. The second kappa shape index (κ2) is 5.19. The summed E-state index contributed by atoms with van der Waals surface area (Å²) < 4.78 is 15.6. The number of aryl methyl sites for hydroxylation is 1. The smallest absolute Gasteiger partial charge is 0.343 e. The van der Waals surface area contributed by atoms with Gasteiger partial charge in [0.1, 0.15) is 0 Å². The number of carboxylic acids is 1. The molecule has 23 heavy (non-hydrogen) atoms. The molecule has 1 saturated heterocycles. The van der Waals surface area contributed by atoms with Crippen molar-refractivity contribution >= 4 is 22.8 Å². The molecule has 1 fully saturated rings. The third kappa shape index (κ3) is 2.38. The summed E-state index contributed by atoms with van der Waals surface area (Å²) in [6.07, 6.45) is -0.253. The molecule has 7 heteroatoms. The molecule has 0 bridgehead atoms. The average Bonchev–Trinajstić information content (AvgIpc) is 2.94. The molecule has 0 saturated carbocycles. The third-order valence-corrected chi connectivity index (χ3v) is 4.27. The van der Waals surface area contributed by atoms with E-state index >= 15 is 0 Å². The fraction of sp³-hybridized carbons (Fsp3) is 0.312. The Labute approximate surface area is 130 Å². The van der Waals surface area contributed by atoms with Gasteiger partial charge in [-0.2, -0.15) is 0 Å². The highest BCUT2D eigenvalue weighted by Crippen LogP contribution is 2.28. The van der Waals surface area contributed by atoms with Crippen LogP contribution in [0.4, 0.5) is 4.39 Å². The molecule has 2 heterocycles. The number of halogens is 1. The molecule has 2 aromatic rings. The maximum Gasteiger partial charge on any atom is 0.343 e. The van der Waals surface area contributed by atoms with Crippen molar-refractivity contribution in [1.29, 1.82) is 0 Å². The van der Waals surface area contributed by atoms with E-state index in [-0.39, 0.29) is 24.1 Å². The molecular weight excluding hydrogens is 303 g/mol. The van der Waals surface area contributed by atoms with Gasteiger partial charge in [0.2, 0.25) is 5.67 Å². The SMILES string of the molecule is Cn1c(=O)cc(C(=O)N2CCC(F)(C(=O)O)C2)c2ccccc21. The first-order chi connectivity index (χ1) is 10.8. The number of alkyl halides is 1. The lowest BCUT2D eigenvalue weighted by Gasteiger charge is -2.19. The zero-order valence-electron chi connectivity index (χ0n) is 12.5. The molecule has 1 amide bonds. The second-order valence-electron chi connectivity index (χ2n) is 5.72. The Morgan fingerprint density at radius 3 is 2.65 bits per heavy atom. The van der Waals surface area contributed by atoms with Gasteiger partial charge in [-0.3, -0.25) is 9.59 Å². The fourth-order valence-electron chi connectivity index (χ4n) is 2.88. The highest BCUT2D eigenvalue weighted by Gasteiger charge is 2.47. The van der Waals surface area contributed by atoms with E-state index in [0.29, 0.717) is 10.9 Å². The number of pyridine rings is 1. The van der Waals surface area contributed by atoms with Crippen LogP contribution in [-0.2, 0) is 11.8 Å². The number of likely N-dealkylation sites (tertiary alicyclic amines) is 1. The van der Waals surface area contributed by atoms with E-state index in [1.54, 1.807) is 31.3 Å². The molecule has 0 aliphatic carbocycles. The summed E-state index contributed by atoms with van der Waals surface area (Å²) in [5, 5.41) is 9.50. The maximum atomic E-state index is 14.2. The van der Waals surface area contributed by atoms with Gasteiger partial charge in [0.25, 0.3) is 11.5 Å². The number of fused-ring (bicyclic) bond motifs is 1. The quantitative estimate of drug-likeness (QED) is 0.901. The van der Waals surface area contributed by atoms with Gasteiger partial charge in [0.15, 0.2) is 0 Å². The summed E-state index contributed by atoms with van der Waals surface area (Å²) in [6.45, 7) is -0.504. The van der Waals surface area contributed by atoms with Crippen molar-refractivity contribution in [2.45, 2.75) is 12.1 Å². The number of hydrogen-bond acceptors (Lipinski definition) is 3. The molecule has 1 aromatic carbocycles. The zero-order chi connectivity index (χ0) is 16.8. The van der Waals surface area contributed by atoms with Gasteiger partial charge in [-0.15, -0.1) is 0 Å². The van der Waals surface area contributed by atoms with Crippen molar-refractivity contribution in [3.63, 3.8) is 0 Å². The molecule has 0 spiro atoms. The Bertz CT molecular complexity index is 876. The van der Waals surface area contributed by atoms with Crippen LogP contribution < -0.4 is 5.56 Å². The molecule has 6 nitrogen and oxygen atoms in total. The van der Waals surface area contributed by atoms with Crippen molar-refractivity contribution in [3.05, 3.63) is 46.2 Å². The third-order valence-electron chi connectivity index (χ3n) is 4.27. The van der Waals surface area contributed by atoms with E-state index in [1.807, 2.05) is 0 Å². The summed E-state index contributed by atoms with van der Waals surface area (Å²) in [5.41, 5.74) is -2.02. The molecule has 1 aliphatic rings. The van der Waals surface area contributed by atoms with Gasteiger partial charge in [-0.05, 0) is 6.07 Å². The van der Waals surface area contributed by atoms with Gasteiger partial charge in [-0.25, -0.2) is 9.18 Å². The second-order valence-corrected chi connectivity index (χ2v) is 5.72. The number of benzene rings is 1. The Morgan fingerprint density at radius 1 is 1.30 bits per heavy atom. The van der Waals surface area contributed by atoms with E-state index in [1.165, 1.54) is 10.6 Å². The molecule has 1 unspecified atom stereocenters. The van der Waals surface area contributed by atoms with Crippen LogP contribution in [0.25, 0.3) is 10.9 Å². The highest BCUT2D eigenvalue weighted by molar-refractivity contribution is 6.06. The number of carbonyl (C=O) groups excluding carboxylic acids is 1. The molecule has 120 valence electrons. The maximum absolute atomic E-state index is 14.2. The molecule has 3 rings (SSSR count). The predicted octanol–water partition coefficient (Wildman–Crippen LogP) is 1.18. The van der Waals surface area contributed by atoms with Crippen molar-refractivity contribution < 1.29 is 19.1 Å². The van der Waals surface area contributed by atoms with Crippen molar-refractivity contribution in [1.82, 2.24) is 9.47 Å². The van der Waals surface area contributed by atoms with Crippen LogP contribution in [0.15, 0.2) is 35.1 Å². The van der Waals surface area contributed by atoms with Gasteiger partial charge in [0.05, 0.1) is 17.6 Å². The Hall–Kier alpha value is -2.70. The predicted molar refractivity (Wildman–Crippen MR) is 81.2 cm³/mol. The number of aromatic nitrogens is 1. The number of aliphatic carboxylic acids is 1. The number of hydrogen-bond donors (Lipinski definition) is 1. The van der Waals surface area contributed by atoms with Crippen LogP contribution >= 0.6 is 0 Å². The van der Waals surface area contributed by atoms with E-state index in [2.05, 4.69) is 0 Å². The van der Waals surface area contributed by atoms with E-state index < -0.39 is 24.1 Å². The molecule has 1 aromatic heterocycles.